The van der Waals surface area contributed by atoms with Gasteiger partial charge in [-0.1, -0.05) is 12.1 Å². The fourth-order valence-corrected chi connectivity index (χ4v) is 2.20. The first-order valence-electron chi connectivity index (χ1n) is 5.64. The molecule has 2 N–H and O–H groups in total. The van der Waals surface area contributed by atoms with Gasteiger partial charge >= 0.3 is 5.97 Å². The monoisotopic (exact) mass is 266 g/mol. The summed E-state index contributed by atoms with van der Waals surface area (Å²) in [6, 6.07) is 9.15. The Morgan fingerprint density at radius 1 is 1.44 bits per heavy atom. The Kier molecular flexibility index (Phi) is 5.14. The molecule has 18 heavy (non-hydrogen) atoms. The molecule has 0 aromatic heterocycles. The number of carbonyl (C=O) groups is 1. The van der Waals surface area contributed by atoms with Crippen LogP contribution in [0.5, 0.6) is 0 Å². The van der Waals surface area contributed by atoms with E-state index in [0.717, 1.165) is 18.5 Å². The maximum Gasteiger partial charge on any atom is 0.320 e. The Morgan fingerprint density at radius 3 is 2.61 bits per heavy atom. The van der Waals surface area contributed by atoms with E-state index in [0.29, 0.717) is 17.9 Å². The molecule has 0 spiro atoms. The maximum absolute atomic E-state index is 10.8. The normalized spacial score (nSPS) is 21.9. The molecule has 1 heterocycles. The van der Waals surface area contributed by atoms with E-state index >= 15 is 0 Å². The Hall–Kier alpha value is -1.57. The van der Waals surface area contributed by atoms with Gasteiger partial charge in [-0.3, -0.25) is 4.79 Å². The van der Waals surface area contributed by atoms with Crippen LogP contribution in [0.1, 0.15) is 17.5 Å². The highest BCUT2D eigenvalue weighted by atomic mass is 35.5. The summed E-state index contributed by atoms with van der Waals surface area (Å²) in [6.45, 7) is 0.747. The summed E-state index contributed by atoms with van der Waals surface area (Å²) < 4.78 is 0. The number of carboxylic acids is 1. The Labute approximate surface area is 112 Å². The summed E-state index contributed by atoms with van der Waals surface area (Å²) in [5.74, 6) is -0.406. The van der Waals surface area contributed by atoms with E-state index < -0.39 is 12.0 Å². The Balaban J connectivity index is 0.00000162. The van der Waals surface area contributed by atoms with Crippen LogP contribution in [0.25, 0.3) is 0 Å². The average molecular weight is 267 g/mol. The van der Waals surface area contributed by atoms with E-state index in [1.165, 1.54) is 0 Å². The molecule has 5 heteroatoms. The standard InChI is InChI=1S/C13H14N2O2.ClH/c14-7-10-3-1-9(2-4-10)5-11-6-12(13(16)17)15-8-11;/h1-4,11-12,15H,5-6,8H2,(H,16,17);1H/t11-,12+;/m0./s1. The SMILES string of the molecule is Cl.N#Cc1ccc(C[C@@H]2CN[C@@H](C(=O)O)C2)cc1. The fourth-order valence-electron chi connectivity index (χ4n) is 2.20. The second-order valence-electron chi connectivity index (χ2n) is 4.41. The van der Waals surface area contributed by atoms with Gasteiger partial charge in [-0.2, -0.15) is 5.26 Å². The van der Waals surface area contributed by atoms with E-state index in [1.54, 1.807) is 12.1 Å². The van der Waals surface area contributed by atoms with E-state index in [2.05, 4.69) is 11.4 Å². The molecule has 0 aliphatic carbocycles. The molecule has 0 unspecified atom stereocenters. The van der Waals surface area contributed by atoms with Crippen LogP contribution >= 0.6 is 12.4 Å². The van der Waals surface area contributed by atoms with Crippen LogP contribution in [0.4, 0.5) is 0 Å². The molecule has 0 radical (unpaired) electrons. The first kappa shape index (κ1) is 14.5. The number of nitrogens with one attached hydrogen (secondary N) is 1. The summed E-state index contributed by atoms with van der Waals surface area (Å²) in [4.78, 5) is 10.8. The molecule has 1 aromatic rings. The minimum absolute atomic E-state index is 0. The molecule has 0 saturated carbocycles. The maximum atomic E-state index is 10.8. The van der Waals surface area contributed by atoms with Crippen LogP contribution in [-0.4, -0.2) is 23.7 Å². The van der Waals surface area contributed by atoms with Crippen LogP contribution in [0.2, 0.25) is 0 Å². The number of hydrogen-bond donors (Lipinski definition) is 2. The lowest BCUT2D eigenvalue weighted by molar-refractivity contribution is -0.139. The molecule has 4 nitrogen and oxygen atoms in total. The summed E-state index contributed by atoms with van der Waals surface area (Å²) >= 11 is 0. The van der Waals surface area contributed by atoms with E-state index in [-0.39, 0.29) is 12.4 Å². The van der Waals surface area contributed by atoms with Crippen LogP contribution < -0.4 is 5.32 Å². The summed E-state index contributed by atoms with van der Waals surface area (Å²) in [5, 5.41) is 20.5. The van der Waals surface area contributed by atoms with Crippen molar-refractivity contribution >= 4 is 18.4 Å². The van der Waals surface area contributed by atoms with Gasteiger partial charge in [-0.15, -0.1) is 12.4 Å². The molecular formula is C13H15ClN2O2. The number of carboxylic acid groups (broad SMARTS) is 1. The van der Waals surface area contributed by atoms with Gasteiger partial charge in [0.15, 0.2) is 0 Å². The molecule has 1 aromatic carbocycles. The zero-order chi connectivity index (χ0) is 12.3. The van der Waals surface area contributed by atoms with Crippen LogP contribution in [0.3, 0.4) is 0 Å². The van der Waals surface area contributed by atoms with Gasteiger partial charge in [0, 0.05) is 0 Å². The first-order valence-corrected chi connectivity index (χ1v) is 5.64. The smallest absolute Gasteiger partial charge is 0.320 e. The number of halogens is 1. The minimum atomic E-state index is -0.771. The molecule has 1 saturated heterocycles. The molecule has 96 valence electrons. The van der Waals surface area contributed by atoms with E-state index in [9.17, 15) is 4.79 Å². The summed E-state index contributed by atoms with van der Waals surface area (Å²) in [6.07, 6.45) is 1.54. The lowest BCUT2D eigenvalue weighted by Gasteiger charge is -2.08. The lowest BCUT2D eigenvalue weighted by Crippen LogP contribution is -2.29. The zero-order valence-electron chi connectivity index (χ0n) is 9.80. The average Bonchev–Trinajstić information content (AvgIpc) is 2.79. The van der Waals surface area contributed by atoms with Crippen molar-refractivity contribution < 1.29 is 9.90 Å². The highest BCUT2D eigenvalue weighted by Crippen LogP contribution is 2.19. The quantitative estimate of drug-likeness (QED) is 0.871. The number of rotatable bonds is 3. The molecule has 2 rings (SSSR count). The zero-order valence-corrected chi connectivity index (χ0v) is 10.6. The van der Waals surface area contributed by atoms with Crippen LogP contribution in [0.15, 0.2) is 24.3 Å². The van der Waals surface area contributed by atoms with Crippen molar-refractivity contribution in [3.8, 4) is 6.07 Å². The third-order valence-electron chi connectivity index (χ3n) is 3.13. The minimum Gasteiger partial charge on any atom is -0.480 e. The Bertz CT molecular complexity index is 453. The second-order valence-corrected chi connectivity index (χ2v) is 4.41. The fraction of sp³-hybridized carbons (Fsp3) is 0.385. The van der Waals surface area contributed by atoms with Gasteiger partial charge in [0.05, 0.1) is 11.6 Å². The predicted molar refractivity (Wildman–Crippen MR) is 69.6 cm³/mol. The van der Waals surface area contributed by atoms with E-state index in [4.69, 9.17) is 10.4 Å². The van der Waals surface area contributed by atoms with E-state index in [1.807, 2.05) is 12.1 Å². The van der Waals surface area contributed by atoms with Gasteiger partial charge < -0.3 is 10.4 Å². The van der Waals surface area contributed by atoms with Crippen molar-refractivity contribution in [1.29, 1.82) is 5.26 Å². The highest BCUT2D eigenvalue weighted by Gasteiger charge is 2.28. The van der Waals surface area contributed by atoms with Crippen LogP contribution in [0, 0.1) is 17.2 Å². The molecule has 1 fully saturated rings. The molecule has 1 aliphatic rings. The topological polar surface area (TPSA) is 73.1 Å². The number of hydrogen-bond acceptors (Lipinski definition) is 3. The van der Waals surface area contributed by atoms with Crippen molar-refractivity contribution in [2.75, 3.05) is 6.54 Å². The molecular weight excluding hydrogens is 252 g/mol. The first-order chi connectivity index (χ1) is 8.19. The van der Waals surface area contributed by atoms with Gasteiger partial charge in [0.2, 0.25) is 0 Å². The second kappa shape index (κ2) is 6.39. The number of nitrogens with zero attached hydrogens (tertiary/aromatic N) is 1. The summed E-state index contributed by atoms with van der Waals surface area (Å²) in [7, 11) is 0. The van der Waals surface area contributed by atoms with Crippen molar-refractivity contribution in [3.05, 3.63) is 35.4 Å². The molecule has 2 atom stereocenters. The third kappa shape index (κ3) is 3.46. The molecule has 0 bridgehead atoms. The largest absolute Gasteiger partial charge is 0.480 e. The lowest BCUT2D eigenvalue weighted by atomic mass is 9.96. The highest BCUT2D eigenvalue weighted by molar-refractivity contribution is 5.85. The van der Waals surface area contributed by atoms with Gasteiger partial charge in [-0.05, 0) is 43.0 Å². The summed E-state index contributed by atoms with van der Waals surface area (Å²) in [5.41, 5.74) is 1.81. The molecule has 1 aliphatic heterocycles. The predicted octanol–water partition coefficient (Wildman–Crippen LogP) is 1.59. The molecule has 0 amide bonds. The Morgan fingerprint density at radius 2 is 2.11 bits per heavy atom. The van der Waals surface area contributed by atoms with Crippen molar-refractivity contribution in [3.63, 3.8) is 0 Å². The van der Waals surface area contributed by atoms with Crippen molar-refractivity contribution in [2.45, 2.75) is 18.9 Å². The number of benzene rings is 1. The van der Waals surface area contributed by atoms with Crippen molar-refractivity contribution in [1.82, 2.24) is 5.32 Å². The number of nitriles is 1. The van der Waals surface area contributed by atoms with Gasteiger partial charge in [0.1, 0.15) is 6.04 Å². The third-order valence-corrected chi connectivity index (χ3v) is 3.13. The van der Waals surface area contributed by atoms with Gasteiger partial charge in [-0.25, -0.2) is 0 Å². The van der Waals surface area contributed by atoms with Gasteiger partial charge in [0.25, 0.3) is 0 Å². The number of aliphatic carboxylic acids is 1. The van der Waals surface area contributed by atoms with Crippen molar-refractivity contribution in [2.24, 2.45) is 5.92 Å². The van der Waals surface area contributed by atoms with Crippen LogP contribution in [-0.2, 0) is 11.2 Å².